The van der Waals surface area contributed by atoms with Gasteiger partial charge >= 0.3 is 5.97 Å². The molecular weight excluding hydrogens is 413 g/mol. The minimum atomic E-state index is -0.938. The Labute approximate surface area is 181 Å². The molecule has 0 saturated heterocycles. The van der Waals surface area contributed by atoms with Crippen molar-refractivity contribution < 1.29 is 19.4 Å². The molecule has 2 aromatic rings. The van der Waals surface area contributed by atoms with E-state index in [1.807, 2.05) is 12.1 Å². The number of rotatable bonds is 12. The summed E-state index contributed by atoms with van der Waals surface area (Å²) in [5, 5.41) is 9.26. The molecule has 7 heteroatoms. The Kier molecular flexibility index (Phi) is 9.29. The van der Waals surface area contributed by atoms with E-state index in [-0.39, 0.29) is 18.6 Å². The van der Waals surface area contributed by atoms with E-state index in [9.17, 15) is 14.7 Å². The molecule has 0 bridgehead atoms. The third-order valence-electron chi connectivity index (χ3n) is 4.70. The van der Waals surface area contributed by atoms with Gasteiger partial charge in [0, 0.05) is 48.4 Å². The third-order valence-corrected chi connectivity index (χ3v) is 5.04. The number of nitrogens with zero attached hydrogens (tertiary/aromatic N) is 1. The first-order valence-electron chi connectivity index (χ1n) is 9.34. The molecule has 0 spiro atoms. The van der Waals surface area contributed by atoms with Gasteiger partial charge in [-0.15, -0.1) is 23.2 Å². The maximum atomic E-state index is 12.8. The van der Waals surface area contributed by atoms with E-state index in [1.54, 1.807) is 43.5 Å². The fraction of sp³-hybridized carbons (Fsp3) is 0.364. The lowest BCUT2D eigenvalue weighted by Crippen LogP contribution is -2.27. The van der Waals surface area contributed by atoms with Crippen LogP contribution in [-0.4, -0.2) is 48.8 Å². The van der Waals surface area contributed by atoms with Crippen molar-refractivity contribution in [3.05, 3.63) is 59.7 Å². The van der Waals surface area contributed by atoms with Gasteiger partial charge in [-0.1, -0.05) is 12.1 Å². The highest BCUT2D eigenvalue weighted by Gasteiger charge is 2.20. The smallest absolute Gasteiger partial charge is 0.303 e. The predicted octanol–water partition coefficient (Wildman–Crippen LogP) is 4.81. The number of ether oxygens (including phenoxy) is 1. The van der Waals surface area contributed by atoms with E-state index >= 15 is 0 Å². The van der Waals surface area contributed by atoms with Crippen LogP contribution in [-0.2, 0) is 4.79 Å². The van der Waals surface area contributed by atoms with E-state index in [1.165, 1.54) is 0 Å². The SMILES string of the molecule is COc1ccc(C(CC(=O)O)CC(=O)c2ccc(N(CCCl)CCCl)cc2)cc1. The average Bonchev–Trinajstić information content (AvgIpc) is 2.73. The number of carboxylic acids is 1. The summed E-state index contributed by atoms with van der Waals surface area (Å²) in [6.07, 6.45) is 0.000421. The van der Waals surface area contributed by atoms with Crippen LogP contribution in [0.4, 0.5) is 5.69 Å². The van der Waals surface area contributed by atoms with Gasteiger partial charge in [-0.2, -0.15) is 0 Å². The number of methoxy groups -OCH3 is 1. The maximum Gasteiger partial charge on any atom is 0.303 e. The summed E-state index contributed by atoms with van der Waals surface area (Å²) in [7, 11) is 1.57. The van der Waals surface area contributed by atoms with Crippen LogP contribution < -0.4 is 9.64 Å². The summed E-state index contributed by atoms with van der Waals surface area (Å²) < 4.78 is 5.14. The zero-order chi connectivity index (χ0) is 21.2. The topological polar surface area (TPSA) is 66.8 Å². The quantitative estimate of drug-likeness (QED) is 0.381. The highest BCUT2D eigenvalue weighted by molar-refractivity contribution is 6.18. The summed E-state index contributed by atoms with van der Waals surface area (Å²) in [5.41, 5.74) is 2.29. The van der Waals surface area contributed by atoms with Crippen LogP contribution in [0.25, 0.3) is 0 Å². The van der Waals surface area contributed by atoms with Crippen molar-refractivity contribution >= 4 is 40.6 Å². The average molecular weight is 438 g/mol. The molecule has 0 saturated carbocycles. The van der Waals surface area contributed by atoms with E-state index in [0.29, 0.717) is 36.2 Å². The second-order valence-corrected chi connectivity index (χ2v) is 7.36. The van der Waals surface area contributed by atoms with Gasteiger partial charge in [-0.25, -0.2) is 0 Å². The van der Waals surface area contributed by atoms with Gasteiger partial charge in [0.25, 0.3) is 0 Å². The zero-order valence-corrected chi connectivity index (χ0v) is 17.8. The molecule has 5 nitrogen and oxygen atoms in total. The van der Waals surface area contributed by atoms with E-state index in [2.05, 4.69) is 4.90 Å². The van der Waals surface area contributed by atoms with Crippen molar-refractivity contribution in [3.8, 4) is 5.75 Å². The van der Waals surface area contributed by atoms with Crippen molar-refractivity contribution in [2.75, 3.05) is 36.9 Å². The first-order valence-corrected chi connectivity index (χ1v) is 10.4. The number of carbonyl (C=O) groups is 2. The number of aliphatic carboxylic acids is 1. The molecule has 0 radical (unpaired) electrons. The van der Waals surface area contributed by atoms with Crippen molar-refractivity contribution in [3.63, 3.8) is 0 Å². The molecule has 0 aliphatic heterocycles. The monoisotopic (exact) mass is 437 g/mol. The normalized spacial score (nSPS) is 11.7. The Balaban J connectivity index is 2.14. The molecule has 0 heterocycles. The molecular formula is C22H25Cl2NO4. The largest absolute Gasteiger partial charge is 0.497 e. The Hall–Kier alpha value is -2.24. The lowest BCUT2D eigenvalue weighted by atomic mass is 9.89. The Morgan fingerprint density at radius 1 is 0.966 bits per heavy atom. The van der Waals surface area contributed by atoms with Crippen LogP contribution >= 0.6 is 23.2 Å². The molecule has 0 aromatic heterocycles. The first kappa shape index (κ1) is 23.0. The zero-order valence-electron chi connectivity index (χ0n) is 16.3. The Bertz CT molecular complexity index is 787. The number of ketones is 1. The highest BCUT2D eigenvalue weighted by atomic mass is 35.5. The van der Waals surface area contributed by atoms with Crippen molar-refractivity contribution in [2.24, 2.45) is 0 Å². The van der Waals surface area contributed by atoms with E-state index in [4.69, 9.17) is 27.9 Å². The standard InChI is InChI=1S/C22H25Cl2NO4/c1-29-20-8-4-16(5-9-20)18(15-22(27)28)14-21(26)17-2-6-19(7-3-17)25(12-10-23)13-11-24/h2-9,18H,10-15H2,1H3,(H,27,28). The molecule has 1 atom stereocenters. The molecule has 0 fully saturated rings. The molecule has 29 heavy (non-hydrogen) atoms. The first-order chi connectivity index (χ1) is 14.0. The van der Waals surface area contributed by atoms with Crippen LogP contribution in [0.15, 0.2) is 48.5 Å². The van der Waals surface area contributed by atoms with Crippen molar-refractivity contribution in [2.45, 2.75) is 18.8 Å². The minimum absolute atomic E-state index is 0.0974. The molecule has 1 unspecified atom stereocenters. The molecule has 0 amide bonds. The lowest BCUT2D eigenvalue weighted by Gasteiger charge is -2.23. The lowest BCUT2D eigenvalue weighted by molar-refractivity contribution is -0.137. The fourth-order valence-corrected chi connectivity index (χ4v) is 3.58. The number of benzene rings is 2. The number of carboxylic acid groups (broad SMARTS) is 1. The van der Waals surface area contributed by atoms with Gasteiger partial charge in [0.2, 0.25) is 0 Å². The van der Waals surface area contributed by atoms with Crippen LogP contribution in [0.1, 0.15) is 34.7 Å². The molecule has 0 aliphatic rings. The van der Waals surface area contributed by atoms with Crippen LogP contribution in [0, 0.1) is 0 Å². The molecule has 2 aromatic carbocycles. The second kappa shape index (κ2) is 11.7. The number of halogens is 2. The summed E-state index contributed by atoms with van der Waals surface area (Å²) in [6, 6.07) is 14.4. The van der Waals surface area contributed by atoms with Gasteiger partial charge < -0.3 is 14.7 Å². The molecule has 156 valence electrons. The van der Waals surface area contributed by atoms with Crippen LogP contribution in [0.5, 0.6) is 5.75 Å². The molecule has 1 N–H and O–H groups in total. The number of hydrogen-bond acceptors (Lipinski definition) is 4. The molecule has 2 rings (SSSR count). The van der Waals surface area contributed by atoms with Gasteiger partial charge in [0.1, 0.15) is 5.75 Å². The van der Waals surface area contributed by atoms with Gasteiger partial charge in [-0.3, -0.25) is 9.59 Å². The number of alkyl halides is 2. The highest BCUT2D eigenvalue weighted by Crippen LogP contribution is 2.28. The van der Waals surface area contributed by atoms with Crippen LogP contribution in [0.3, 0.4) is 0 Å². The number of carbonyl (C=O) groups excluding carboxylic acids is 1. The molecule has 0 aliphatic carbocycles. The minimum Gasteiger partial charge on any atom is -0.497 e. The van der Waals surface area contributed by atoms with E-state index in [0.717, 1.165) is 11.3 Å². The fourth-order valence-electron chi connectivity index (χ4n) is 3.17. The van der Waals surface area contributed by atoms with Crippen LogP contribution in [0.2, 0.25) is 0 Å². The summed E-state index contributed by atoms with van der Waals surface area (Å²) in [6.45, 7) is 1.33. The maximum absolute atomic E-state index is 12.8. The third kappa shape index (κ3) is 6.94. The Morgan fingerprint density at radius 3 is 2.03 bits per heavy atom. The van der Waals surface area contributed by atoms with E-state index < -0.39 is 11.9 Å². The summed E-state index contributed by atoms with van der Waals surface area (Å²) in [5.74, 6) is 0.205. The predicted molar refractivity (Wildman–Crippen MR) is 117 cm³/mol. The Morgan fingerprint density at radius 2 is 1.55 bits per heavy atom. The van der Waals surface area contributed by atoms with Gasteiger partial charge in [-0.05, 0) is 42.0 Å². The van der Waals surface area contributed by atoms with Crippen molar-refractivity contribution in [1.82, 2.24) is 0 Å². The van der Waals surface area contributed by atoms with Gasteiger partial charge in [0.15, 0.2) is 5.78 Å². The summed E-state index contributed by atoms with van der Waals surface area (Å²) in [4.78, 5) is 26.2. The van der Waals surface area contributed by atoms with Crippen molar-refractivity contribution in [1.29, 1.82) is 0 Å². The number of anilines is 1. The van der Waals surface area contributed by atoms with Gasteiger partial charge in [0.05, 0.1) is 13.5 Å². The number of hydrogen-bond donors (Lipinski definition) is 1. The number of Topliss-reactive ketones (excluding diaryl/α,β-unsaturated/α-hetero) is 1. The second-order valence-electron chi connectivity index (χ2n) is 6.61. The summed E-state index contributed by atoms with van der Waals surface area (Å²) >= 11 is 11.7.